The van der Waals surface area contributed by atoms with Crippen LogP contribution in [0, 0.1) is 25.2 Å². The zero-order valence-electron chi connectivity index (χ0n) is 18.3. The van der Waals surface area contributed by atoms with Crippen molar-refractivity contribution in [3.8, 4) is 23.3 Å². The second kappa shape index (κ2) is 10.2. The number of carbonyl (C=O) groups excluding carboxylic acids is 1. The summed E-state index contributed by atoms with van der Waals surface area (Å²) in [6.45, 7) is 4.00. The average molecular weight is 433 g/mol. The van der Waals surface area contributed by atoms with Crippen molar-refractivity contribution in [1.29, 1.82) is 5.26 Å². The minimum atomic E-state index is -0.365. The first-order valence-electron chi connectivity index (χ1n) is 9.75. The number of hydrogen-bond donors (Lipinski definition) is 1. The molecule has 32 heavy (non-hydrogen) atoms. The van der Waals surface area contributed by atoms with Crippen LogP contribution >= 0.6 is 0 Å². The molecule has 1 N–H and O–H groups in total. The average Bonchev–Trinajstić information content (AvgIpc) is 3.13. The topological polar surface area (TPSA) is 107 Å². The summed E-state index contributed by atoms with van der Waals surface area (Å²) >= 11 is 0. The fraction of sp³-hybridized carbons (Fsp3) is 0.208. The molecule has 0 aliphatic rings. The van der Waals surface area contributed by atoms with Crippen LogP contribution in [-0.4, -0.2) is 25.3 Å². The van der Waals surface area contributed by atoms with Gasteiger partial charge in [-0.2, -0.15) is 5.26 Å². The number of nitriles is 1. The number of amides is 1. The second-order valence-electron chi connectivity index (χ2n) is 6.85. The molecule has 0 aliphatic carbocycles. The third kappa shape index (κ3) is 5.26. The summed E-state index contributed by atoms with van der Waals surface area (Å²) in [5.41, 5.74) is 3.26. The Kier molecular flexibility index (Phi) is 7.13. The van der Waals surface area contributed by atoms with Gasteiger partial charge in [-0.15, -0.1) is 0 Å². The van der Waals surface area contributed by atoms with Gasteiger partial charge in [-0.05, 0) is 55.8 Å². The standard InChI is InChI=1S/C24H23N3O5/c1-15-19(16(2)32-27-15)14-31-22-9-5-17(12-23(22)30-4)7-10-24(28)26-20-11-18(13-25)6-8-21(20)29-3/h5-12H,14H2,1-4H3,(H,26,28)/b10-7+. The van der Waals surface area contributed by atoms with E-state index in [9.17, 15) is 4.79 Å². The van der Waals surface area contributed by atoms with Crippen molar-refractivity contribution in [3.05, 3.63) is 70.6 Å². The Hall–Kier alpha value is -4.25. The number of carbonyl (C=O) groups is 1. The number of anilines is 1. The van der Waals surface area contributed by atoms with Crippen LogP contribution in [0.25, 0.3) is 6.08 Å². The van der Waals surface area contributed by atoms with Crippen molar-refractivity contribution in [2.24, 2.45) is 0 Å². The maximum atomic E-state index is 12.4. The van der Waals surface area contributed by atoms with Gasteiger partial charge in [-0.3, -0.25) is 4.79 Å². The number of ether oxygens (including phenoxy) is 3. The van der Waals surface area contributed by atoms with E-state index >= 15 is 0 Å². The number of nitrogens with one attached hydrogen (secondary N) is 1. The molecule has 0 spiro atoms. The van der Waals surface area contributed by atoms with Gasteiger partial charge in [0.1, 0.15) is 18.1 Å². The van der Waals surface area contributed by atoms with Gasteiger partial charge >= 0.3 is 0 Å². The molecule has 3 aromatic rings. The van der Waals surface area contributed by atoms with Crippen LogP contribution in [0.1, 0.15) is 28.1 Å². The summed E-state index contributed by atoms with van der Waals surface area (Å²) in [6.07, 6.45) is 3.04. The van der Waals surface area contributed by atoms with Crippen LogP contribution in [-0.2, 0) is 11.4 Å². The molecule has 0 aliphatic heterocycles. The van der Waals surface area contributed by atoms with Crippen LogP contribution in [0.5, 0.6) is 17.2 Å². The molecule has 8 heteroatoms. The zero-order chi connectivity index (χ0) is 23.1. The van der Waals surface area contributed by atoms with Gasteiger partial charge in [0, 0.05) is 6.08 Å². The van der Waals surface area contributed by atoms with E-state index in [1.165, 1.54) is 13.2 Å². The highest BCUT2D eigenvalue weighted by atomic mass is 16.5. The minimum absolute atomic E-state index is 0.304. The first-order chi connectivity index (χ1) is 15.4. The van der Waals surface area contributed by atoms with Crippen LogP contribution in [0.2, 0.25) is 0 Å². The summed E-state index contributed by atoms with van der Waals surface area (Å²) in [4.78, 5) is 12.4. The highest BCUT2D eigenvalue weighted by molar-refractivity contribution is 6.02. The first kappa shape index (κ1) is 22.4. The number of benzene rings is 2. The summed E-state index contributed by atoms with van der Waals surface area (Å²) in [5, 5.41) is 15.7. The third-order valence-corrected chi connectivity index (χ3v) is 4.75. The largest absolute Gasteiger partial charge is 0.495 e. The van der Waals surface area contributed by atoms with Crippen molar-refractivity contribution in [2.75, 3.05) is 19.5 Å². The van der Waals surface area contributed by atoms with E-state index in [4.69, 9.17) is 24.0 Å². The van der Waals surface area contributed by atoms with Gasteiger partial charge in [0.05, 0.1) is 42.8 Å². The lowest BCUT2D eigenvalue weighted by Crippen LogP contribution is -2.09. The van der Waals surface area contributed by atoms with Crippen molar-refractivity contribution in [1.82, 2.24) is 5.16 Å². The molecule has 0 bridgehead atoms. The Morgan fingerprint density at radius 1 is 1.12 bits per heavy atom. The predicted molar refractivity (Wildman–Crippen MR) is 119 cm³/mol. The van der Waals surface area contributed by atoms with Gasteiger partial charge in [-0.1, -0.05) is 11.2 Å². The molecule has 164 valence electrons. The SMILES string of the molecule is COc1ccc(C#N)cc1NC(=O)/C=C/c1ccc(OCc2c(C)noc2C)c(OC)c1. The number of aromatic nitrogens is 1. The van der Waals surface area contributed by atoms with Gasteiger partial charge in [-0.25, -0.2) is 0 Å². The fourth-order valence-electron chi connectivity index (χ4n) is 2.99. The molecule has 0 unspecified atom stereocenters. The molecule has 0 radical (unpaired) electrons. The maximum Gasteiger partial charge on any atom is 0.248 e. The monoisotopic (exact) mass is 433 g/mol. The Balaban J connectivity index is 1.69. The third-order valence-electron chi connectivity index (χ3n) is 4.75. The highest BCUT2D eigenvalue weighted by Crippen LogP contribution is 2.30. The van der Waals surface area contributed by atoms with Crippen LogP contribution in [0.3, 0.4) is 0 Å². The summed E-state index contributed by atoms with van der Waals surface area (Å²) in [6, 6.07) is 12.2. The molecule has 0 atom stereocenters. The quantitative estimate of drug-likeness (QED) is 0.524. The lowest BCUT2D eigenvalue weighted by atomic mass is 10.1. The Bertz CT molecular complexity index is 1170. The minimum Gasteiger partial charge on any atom is -0.495 e. The number of aryl methyl sites for hydroxylation is 2. The molecule has 2 aromatic carbocycles. The fourth-order valence-corrected chi connectivity index (χ4v) is 2.99. The number of hydrogen-bond acceptors (Lipinski definition) is 7. The Labute approximate surface area is 186 Å². The molecular weight excluding hydrogens is 410 g/mol. The van der Waals surface area contributed by atoms with E-state index in [2.05, 4.69) is 10.5 Å². The number of methoxy groups -OCH3 is 2. The van der Waals surface area contributed by atoms with Crippen LogP contribution < -0.4 is 19.5 Å². The van der Waals surface area contributed by atoms with Gasteiger partial charge in [0.15, 0.2) is 11.5 Å². The van der Waals surface area contributed by atoms with Gasteiger partial charge in [0.25, 0.3) is 0 Å². The lowest BCUT2D eigenvalue weighted by molar-refractivity contribution is -0.111. The van der Waals surface area contributed by atoms with E-state index in [-0.39, 0.29) is 5.91 Å². The van der Waals surface area contributed by atoms with Gasteiger partial charge in [0.2, 0.25) is 5.91 Å². The van der Waals surface area contributed by atoms with E-state index in [0.717, 1.165) is 16.8 Å². The van der Waals surface area contributed by atoms with Crippen LogP contribution in [0.4, 0.5) is 5.69 Å². The summed E-state index contributed by atoms with van der Waals surface area (Å²) < 4.78 is 21.7. The van der Waals surface area contributed by atoms with E-state index < -0.39 is 0 Å². The zero-order valence-corrected chi connectivity index (χ0v) is 18.3. The smallest absolute Gasteiger partial charge is 0.248 e. The predicted octanol–water partition coefficient (Wildman–Crippen LogP) is 4.41. The molecule has 3 rings (SSSR count). The number of nitrogens with zero attached hydrogens (tertiary/aromatic N) is 2. The Morgan fingerprint density at radius 2 is 1.88 bits per heavy atom. The number of rotatable bonds is 8. The summed E-state index contributed by atoms with van der Waals surface area (Å²) in [5.74, 6) is 1.90. The Morgan fingerprint density at radius 3 is 2.53 bits per heavy atom. The molecule has 1 amide bonds. The molecule has 1 heterocycles. The van der Waals surface area contributed by atoms with Crippen molar-refractivity contribution in [2.45, 2.75) is 20.5 Å². The van der Waals surface area contributed by atoms with E-state index in [1.807, 2.05) is 26.0 Å². The summed E-state index contributed by atoms with van der Waals surface area (Å²) in [7, 11) is 3.04. The maximum absolute atomic E-state index is 12.4. The first-order valence-corrected chi connectivity index (χ1v) is 9.75. The van der Waals surface area contributed by atoms with E-state index in [0.29, 0.717) is 40.9 Å². The van der Waals surface area contributed by atoms with Gasteiger partial charge < -0.3 is 24.1 Å². The molecular formula is C24H23N3O5. The molecule has 0 fully saturated rings. The molecule has 8 nitrogen and oxygen atoms in total. The van der Waals surface area contributed by atoms with Crippen molar-refractivity contribution in [3.63, 3.8) is 0 Å². The highest BCUT2D eigenvalue weighted by Gasteiger charge is 2.12. The molecule has 0 saturated carbocycles. The normalized spacial score (nSPS) is 10.6. The molecule has 0 saturated heterocycles. The van der Waals surface area contributed by atoms with Crippen molar-refractivity contribution < 1.29 is 23.5 Å². The second-order valence-corrected chi connectivity index (χ2v) is 6.85. The van der Waals surface area contributed by atoms with Crippen molar-refractivity contribution >= 4 is 17.7 Å². The lowest BCUT2D eigenvalue weighted by Gasteiger charge is -2.11. The van der Waals surface area contributed by atoms with E-state index in [1.54, 1.807) is 43.5 Å². The molecule has 1 aromatic heterocycles. The van der Waals surface area contributed by atoms with Crippen LogP contribution in [0.15, 0.2) is 47.0 Å².